The van der Waals surface area contributed by atoms with Gasteiger partial charge in [-0.25, -0.2) is 14.4 Å². The van der Waals surface area contributed by atoms with Gasteiger partial charge in [0.15, 0.2) is 0 Å². The lowest BCUT2D eigenvalue weighted by Gasteiger charge is -2.20. The molecule has 0 saturated heterocycles. The highest BCUT2D eigenvalue weighted by Crippen LogP contribution is 2.39. The van der Waals surface area contributed by atoms with Gasteiger partial charge in [-0.05, 0) is 65.8 Å². The second-order valence-corrected chi connectivity index (χ2v) is 7.84. The molecule has 3 nitrogen and oxygen atoms in total. The highest BCUT2D eigenvalue weighted by atomic mass is 35.5. The molecule has 0 spiro atoms. The van der Waals surface area contributed by atoms with Crippen LogP contribution in [0.25, 0.3) is 27.6 Å². The van der Waals surface area contributed by atoms with Crippen molar-refractivity contribution in [3.63, 3.8) is 0 Å². The van der Waals surface area contributed by atoms with Crippen LogP contribution in [0.2, 0.25) is 0 Å². The van der Waals surface area contributed by atoms with Gasteiger partial charge in [0.2, 0.25) is 0 Å². The van der Waals surface area contributed by atoms with Crippen molar-refractivity contribution in [2.75, 3.05) is 11.9 Å². The number of aromatic nitrogens is 2. The molecule has 148 valence electrons. The van der Waals surface area contributed by atoms with E-state index in [1.807, 2.05) is 37.3 Å². The Morgan fingerprint density at radius 2 is 2.07 bits per heavy atom. The minimum atomic E-state index is -0.216. The lowest BCUT2D eigenvalue weighted by atomic mass is 9.86. The van der Waals surface area contributed by atoms with E-state index in [-0.39, 0.29) is 11.2 Å². The second kappa shape index (κ2) is 8.34. The number of nitrogens with zero attached hydrogens (tertiary/aromatic N) is 2. The zero-order chi connectivity index (χ0) is 20.4. The van der Waals surface area contributed by atoms with Crippen LogP contribution < -0.4 is 5.32 Å². The molecule has 1 N–H and O–H groups in total. The third-order valence-corrected chi connectivity index (χ3v) is 5.50. The van der Waals surface area contributed by atoms with Gasteiger partial charge in [-0.1, -0.05) is 37.3 Å². The second-order valence-electron chi connectivity index (χ2n) is 7.28. The van der Waals surface area contributed by atoms with Crippen LogP contribution >= 0.6 is 11.6 Å². The van der Waals surface area contributed by atoms with E-state index in [1.165, 1.54) is 6.08 Å². The third-order valence-electron chi connectivity index (χ3n) is 5.20. The van der Waals surface area contributed by atoms with Crippen molar-refractivity contribution in [2.45, 2.75) is 32.1 Å². The van der Waals surface area contributed by atoms with Gasteiger partial charge in [0.05, 0.1) is 10.9 Å². The van der Waals surface area contributed by atoms with E-state index < -0.39 is 0 Å². The highest BCUT2D eigenvalue weighted by Gasteiger charge is 2.21. The van der Waals surface area contributed by atoms with E-state index in [9.17, 15) is 4.39 Å². The van der Waals surface area contributed by atoms with Gasteiger partial charge >= 0.3 is 0 Å². The average molecular weight is 408 g/mol. The van der Waals surface area contributed by atoms with Gasteiger partial charge in [-0.2, -0.15) is 0 Å². The Bertz CT molecular complexity index is 1120. The maximum Gasteiger partial charge on any atom is 0.137 e. The van der Waals surface area contributed by atoms with Crippen molar-refractivity contribution in [1.29, 1.82) is 0 Å². The molecule has 4 rings (SSSR count). The summed E-state index contributed by atoms with van der Waals surface area (Å²) in [5.41, 5.74) is 5.48. The van der Waals surface area contributed by atoms with Crippen molar-refractivity contribution < 1.29 is 4.39 Å². The molecule has 3 aromatic rings. The van der Waals surface area contributed by atoms with Gasteiger partial charge in [0.1, 0.15) is 18.0 Å². The zero-order valence-corrected chi connectivity index (χ0v) is 17.3. The van der Waals surface area contributed by atoms with Crippen LogP contribution in [-0.2, 0) is 0 Å². The lowest BCUT2D eigenvalue weighted by molar-refractivity contribution is 0.659. The smallest absolute Gasteiger partial charge is 0.137 e. The fourth-order valence-electron chi connectivity index (χ4n) is 3.79. The van der Waals surface area contributed by atoms with Gasteiger partial charge in [0, 0.05) is 11.9 Å². The molecular formula is C24H23ClFN3. The Hall–Kier alpha value is -2.72. The Labute approximate surface area is 175 Å². The molecular weight excluding hydrogens is 385 g/mol. The number of fused-ring (bicyclic) bond motifs is 1. The summed E-state index contributed by atoms with van der Waals surface area (Å²) >= 11 is 6.31. The Kier molecular flexibility index (Phi) is 5.63. The number of halogens is 2. The summed E-state index contributed by atoms with van der Waals surface area (Å²) in [6.45, 7) is 4.97. The van der Waals surface area contributed by atoms with E-state index in [2.05, 4.69) is 28.3 Å². The first-order valence-corrected chi connectivity index (χ1v) is 10.3. The van der Waals surface area contributed by atoms with Crippen molar-refractivity contribution in [3.05, 3.63) is 71.8 Å². The fourth-order valence-corrected chi connectivity index (χ4v) is 4.02. The molecule has 29 heavy (non-hydrogen) atoms. The largest absolute Gasteiger partial charge is 0.369 e. The topological polar surface area (TPSA) is 37.8 Å². The van der Waals surface area contributed by atoms with E-state index in [0.29, 0.717) is 12.0 Å². The van der Waals surface area contributed by atoms with Crippen LogP contribution in [0.3, 0.4) is 0 Å². The Morgan fingerprint density at radius 3 is 2.90 bits per heavy atom. The molecule has 0 fully saturated rings. The summed E-state index contributed by atoms with van der Waals surface area (Å²) in [5, 5.41) is 4.13. The van der Waals surface area contributed by atoms with Crippen LogP contribution in [0.1, 0.15) is 30.9 Å². The predicted molar refractivity (Wildman–Crippen MR) is 120 cm³/mol. The van der Waals surface area contributed by atoms with Crippen LogP contribution in [0.5, 0.6) is 0 Å². The normalized spacial score (nSPS) is 16.5. The maximum atomic E-state index is 14.7. The SMILES string of the molecule is CCCNc1ncnc2ccc(-c3cccc(C)c3C3=C(F)C=CC(Cl)C3)cc12. The molecule has 0 aliphatic heterocycles. The Morgan fingerprint density at radius 1 is 1.21 bits per heavy atom. The number of alkyl halides is 1. The molecule has 2 aromatic carbocycles. The van der Waals surface area contributed by atoms with Crippen molar-refractivity contribution >= 4 is 33.9 Å². The summed E-state index contributed by atoms with van der Waals surface area (Å²) in [6, 6.07) is 12.2. The minimum absolute atomic E-state index is 0.202. The maximum absolute atomic E-state index is 14.7. The summed E-state index contributed by atoms with van der Waals surface area (Å²) in [7, 11) is 0. The van der Waals surface area contributed by atoms with Crippen molar-refractivity contribution in [2.24, 2.45) is 0 Å². The van der Waals surface area contributed by atoms with Crippen molar-refractivity contribution in [1.82, 2.24) is 9.97 Å². The molecule has 0 saturated carbocycles. The third kappa shape index (κ3) is 3.90. The minimum Gasteiger partial charge on any atom is -0.369 e. The number of hydrogen-bond donors (Lipinski definition) is 1. The first-order valence-electron chi connectivity index (χ1n) is 9.88. The molecule has 0 bridgehead atoms. The molecule has 1 aliphatic carbocycles. The molecule has 1 unspecified atom stereocenters. The molecule has 5 heteroatoms. The van der Waals surface area contributed by atoms with Crippen LogP contribution in [0.4, 0.5) is 10.2 Å². The van der Waals surface area contributed by atoms with E-state index in [4.69, 9.17) is 11.6 Å². The molecule has 0 radical (unpaired) electrons. The number of anilines is 1. The van der Waals surface area contributed by atoms with Crippen LogP contribution in [-0.4, -0.2) is 21.9 Å². The first kappa shape index (κ1) is 19.6. The average Bonchev–Trinajstić information content (AvgIpc) is 2.73. The number of allylic oxidation sites excluding steroid dienone is 4. The van der Waals surface area contributed by atoms with Gasteiger partial charge in [-0.15, -0.1) is 11.6 Å². The molecule has 1 atom stereocenters. The standard InChI is InChI=1S/C24H23ClFN3/c1-3-11-27-24-20-12-16(7-10-22(20)28-14-29-24)18-6-4-5-15(2)23(18)19-13-17(25)8-9-21(19)26/h4-10,12,14,17H,3,11,13H2,1-2H3,(H,27,28,29). The van der Waals surface area contributed by atoms with E-state index in [1.54, 1.807) is 12.4 Å². The number of aryl methyl sites for hydroxylation is 1. The molecule has 0 amide bonds. The zero-order valence-electron chi connectivity index (χ0n) is 16.5. The van der Waals surface area contributed by atoms with Crippen LogP contribution in [0.15, 0.2) is 60.7 Å². The quantitative estimate of drug-likeness (QED) is 0.479. The van der Waals surface area contributed by atoms with Crippen LogP contribution in [0, 0.1) is 6.92 Å². The van der Waals surface area contributed by atoms with E-state index in [0.717, 1.165) is 51.9 Å². The molecule has 1 aromatic heterocycles. The summed E-state index contributed by atoms with van der Waals surface area (Å²) in [6.07, 6.45) is 6.24. The first-order chi connectivity index (χ1) is 14.1. The van der Waals surface area contributed by atoms with Gasteiger partial charge in [0.25, 0.3) is 0 Å². The number of benzene rings is 2. The van der Waals surface area contributed by atoms with Gasteiger partial charge in [-0.3, -0.25) is 0 Å². The Balaban J connectivity index is 1.89. The predicted octanol–water partition coefficient (Wildman–Crippen LogP) is 6.68. The van der Waals surface area contributed by atoms with Crippen molar-refractivity contribution in [3.8, 4) is 11.1 Å². The fraction of sp³-hybridized carbons (Fsp3) is 0.250. The molecule has 1 heterocycles. The van der Waals surface area contributed by atoms with Gasteiger partial charge < -0.3 is 5.32 Å². The number of rotatable bonds is 5. The number of nitrogens with one attached hydrogen (secondary N) is 1. The monoisotopic (exact) mass is 407 g/mol. The van der Waals surface area contributed by atoms with E-state index >= 15 is 0 Å². The highest BCUT2D eigenvalue weighted by molar-refractivity contribution is 6.22. The lowest BCUT2D eigenvalue weighted by Crippen LogP contribution is -2.05. The molecule has 1 aliphatic rings. The summed E-state index contributed by atoms with van der Waals surface area (Å²) < 4.78 is 14.7. The summed E-state index contributed by atoms with van der Waals surface area (Å²) in [5.74, 6) is 0.603. The summed E-state index contributed by atoms with van der Waals surface area (Å²) in [4.78, 5) is 8.80. The number of hydrogen-bond acceptors (Lipinski definition) is 3.